The fourth-order valence-electron chi connectivity index (χ4n) is 1.95. The van der Waals surface area contributed by atoms with E-state index in [1.165, 1.54) is 15.4 Å². The van der Waals surface area contributed by atoms with Crippen LogP contribution in [0.4, 0.5) is 0 Å². The van der Waals surface area contributed by atoms with Crippen LogP contribution in [0.25, 0.3) is 0 Å². The molecule has 1 unspecified atom stereocenters. The molecule has 0 aliphatic heterocycles. The molecule has 0 aliphatic carbocycles. The van der Waals surface area contributed by atoms with Gasteiger partial charge in [0, 0.05) is 26.1 Å². The predicted molar refractivity (Wildman–Crippen MR) is 92.2 cm³/mol. The molecule has 0 saturated carbocycles. The van der Waals surface area contributed by atoms with E-state index in [4.69, 9.17) is 0 Å². The Morgan fingerprint density at radius 2 is 2.11 bits per heavy atom. The predicted octanol–water partition coefficient (Wildman–Crippen LogP) is 3.53. The molecular weight excluding hydrogens is 441 g/mol. The van der Waals surface area contributed by atoms with Crippen molar-refractivity contribution in [3.05, 3.63) is 31.8 Å². The molecule has 0 aromatic heterocycles. The molecule has 1 aromatic carbocycles. The highest BCUT2D eigenvalue weighted by atomic mass is 127. The summed E-state index contributed by atoms with van der Waals surface area (Å²) in [6.45, 7) is 2.93. The Kier molecular flexibility index (Phi) is 7.28. The summed E-state index contributed by atoms with van der Waals surface area (Å²) in [5, 5.41) is 3.43. The smallest absolute Gasteiger partial charge is 0.147 e. The topological polar surface area (TPSA) is 46.2 Å². The summed E-state index contributed by atoms with van der Waals surface area (Å²) in [4.78, 5) is 0. The van der Waals surface area contributed by atoms with E-state index < -0.39 is 9.84 Å². The SMILES string of the molecule is CCNC(CCCS(C)(=O)=O)c1cc(Br)ccc1I. The van der Waals surface area contributed by atoms with Gasteiger partial charge in [-0.25, -0.2) is 8.42 Å². The molecule has 0 amide bonds. The zero-order valence-electron chi connectivity index (χ0n) is 11.1. The van der Waals surface area contributed by atoms with Crippen LogP contribution in [-0.2, 0) is 9.84 Å². The van der Waals surface area contributed by atoms with Crippen LogP contribution in [0.3, 0.4) is 0 Å². The van der Waals surface area contributed by atoms with Crippen LogP contribution in [0.15, 0.2) is 22.7 Å². The summed E-state index contributed by atoms with van der Waals surface area (Å²) >= 11 is 5.81. The van der Waals surface area contributed by atoms with Crippen molar-refractivity contribution in [2.45, 2.75) is 25.8 Å². The molecular formula is C13H19BrINO2S. The average Bonchev–Trinajstić information content (AvgIpc) is 2.30. The monoisotopic (exact) mass is 459 g/mol. The summed E-state index contributed by atoms with van der Waals surface area (Å²) in [6.07, 6.45) is 2.80. The van der Waals surface area contributed by atoms with E-state index >= 15 is 0 Å². The first-order valence-corrected chi connectivity index (χ1v) is 10.1. The van der Waals surface area contributed by atoms with E-state index in [-0.39, 0.29) is 11.8 Å². The van der Waals surface area contributed by atoms with Gasteiger partial charge in [0.2, 0.25) is 0 Å². The molecule has 0 fully saturated rings. The van der Waals surface area contributed by atoms with Crippen molar-refractivity contribution < 1.29 is 8.42 Å². The van der Waals surface area contributed by atoms with Gasteiger partial charge in [0.1, 0.15) is 9.84 Å². The second-order valence-electron chi connectivity index (χ2n) is 4.55. The van der Waals surface area contributed by atoms with Gasteiger partial charge in [0.25, 0.3) is 0 Å². The van der Waals surface area contributed by atoms with Crippen molar-refractivity contribution in [1.29, 1.82) is 0 Å². The maximum atomic E-state index is 11.2. The Morgan fingerprint density at radius 3 is 2.68 bits per heavy atom. The number of nitrogens with one attached hydrogen (secondary N) is 1. The zero-order chi connectivity index (χ0) is 14.5. The molecule has 6 heteroatoms. The minimum absolute atomic E-state index is 0.205. The second kappa shape index (κ2) is 7.95. The molecule has 0 radical (unpaired) electrons. The van der Waals surface area contributed by atoms with Gasteiger partial charge in [-0.05, 0) is 65.7 Å². The van der Waals surface area contributed by atoms with Crippen LogP contribution >= 0.6 is 38.5 Å². The molecule has 0 saturated heterocycles. The molecule has 0 bridgehead atoms. The van der Waals surface area contributed by atoms with Gasteiger partial charge in [-0.2, -0.15) is 0 Å². The van der Waals surface area contributed by atoms with Gasteiger partial charge in [-0.3, -0.25) is 0 Å². The van der Waals surface area contributed by atoms with Gasteiger partial charge in [0.05, 0.1) is 0 Å². The van der Waals surface area contributed by atoms with E-state index in [9.17, 15) is 8.42 Å². The van der Waals surface area contributed by atoms with Crippen LogP contribution in [0.1, 0.15) is 31.4 Å². The quantitative estimate of drug-likeness (QED) is 0.634. The molecule has 1 atom stereocenters. The van der Waals surface area contributed by atoms with E-state index in [0.717, 1.165) is 17.4 Å². The Hall–Kier alpha value is 0.340. The summed E-state index contributed by atoms with van der Waals surface area (Å²) in [6, 6.07) is 6.40. The Bertz CT molecular complexity index is 519. The normalized spacial score (nSPS) is 13.5. The van der Waals surface area contributed by atoms with E-state index in [1.807, 2.05) is 6.07 Å². The second-order valence-corrected chi connectivity index (χ2v) is 8.89. The van der Waals surface area contributed by atoms with Gasteiger partial charge in [0.15, 0.2) is 0 Å². The fourth-order valence-corrected chi connectivity index (χ4v) is 3.73. The summed E-state index contributed by atoms with van der Waals surface area (Å²) < 4.78 is 24.6. The molecule has 1 aromatic rings. The van der Waals surface area contributed by atoms with Gasteiger partial charge < -0.3 is 5.32 Å². The Morgan fingerprint density at radius 1 is 1.42 bits per heavy atom. The standard InChI is InChI=1S/C13H19BrINO2S/c1-3-16-13(5-4-8-19(2,17)18)11-9-10(14)6-7-12(11)15/h6-7,9,13,16H,3-5,8H2,1-2H3. The molecule has 19 heavy (non-hydrogen) atoms. The summed E-state index contributed by atoms with van der Waals surface area (Å²) in [5.74, 6) is 0.249. The first-order valence-electron chi connectivity index (χ1n) is 6.19. The summed E-state index contributed by atoms with van der Waals surface area (Å²) in [5.41, 5.74) is 1.23. The van der Waals surface area contributed by atoms with Crippen LogP contribution in [-0.4, -0.2) is 27.0 Å². The molecule has 1 N–H and O–H groups in total. The van der Waals surface area contributed by atoms with Crippen LogP contribution in [0.5, 0.6) is 0 Å². The molecule has 108 valence electrons. The minimum atomic E-state index is -2.87. The lowest BCUT2D eigenvalue weighted by atomic mass is 10.0. The molecule has 1 rings (SSSR count). The number of hydrogen-bond donors (Lipinski definition) is 1. The highest BCUT2D eigenvalue weighted by Crippen LogP contribution is 2.27. The third-order valence-corrected chi connectivity index (χ3v) is 5.30. The van der Waals surface area contributed by atoms with Gasteiger partial charge in [-0.15, -0.1) is 0 Å². The van der Waals surface area contributed by atoms with Crippen molar-refractivity contribution in [1.82, 2.24) is 5.32 Å². The van der Waals surface area contributed by atoms with Crippen LogP contribution in [0, 0.1) is 3.57 Å². The number of sulfone groups is 1. The van der Waals surface area contributed by atoms with E-state index in [0.29, 0.717) is 6.42 Å². The molecule has 0 spiro atoms. The first kappa shape index (κ1) is 17.4. The van der Waals surface area contributed by atoms with Crippen molar-refractivity contribution in [2.75, 3.05) is 18.6 Å². The fraction of sp³-hybridized carbons (Fsp3) is 0.538. The number of benzene rings is 1. The minimum Gasteiger partial charge on any atom is -0.310 e. The van der Waals surface area contributed by atoms with Crippen LogP contribution in [0.2, 0.25) is 0 Å². The van der Waals surface area contributed by atoms with Gasteiger partial charge >= 0.3 is 0 Å². The Labute approximate surface area is 137 Å². The maximum Gasteiger partial charge on any atom is 0.147 e. The molecule has 0 aliphatic rings. The van der Waals surface area contributed by atoms with Crippen molar-refractivity contribution >= 4 is 48.4 Å². The molecule has 0 heterocycles. The largest absolute Gasteiger partial charge is 0.310 e. The van der Waals surface area contributed by atoms with Crippen LogP contribution < -0.4 is 5.32 Å². The average molecular weight is 460 g/mol. The van der Waals surface area contributed by atoms with Gasteiger partial charge in [-0.1, -0.05) is 22.9 Å². The highest BCUT2D eigenvalue weighted by molar-refractivity contribution is 14.1. The van der Waals surface area contributed by atoms with E-state index in [2.05, 4.69) is 62.9 Å². The first-order chi connectivity index (χ1) is 8.83. The maximum absolute atomic E-state index is 11.2. The zero-order valence-corrected chi connectivity index (χ0v) is 15.7. The van der Waals surface area contributed by atoms with Crippen molar-refractivity contribution in [2.24, 2.45) is 0 Å². The van der Waals surface area contributed by atoms with E-state index in [1.54, 1.807) is 0 Å². The lowest BCUT2D eigenvalue weighted by molar-refractivity contribution is 0.505. The third kappa shape index (κ3) is 6.55. The lowest BCUT2D eigenvalue weighted by Crippen LogP contribution is -2.22. The van der Waals surface area contributed by atoms with Crippen molar-refractivity contribution in [3.63, 3.8) is 0 Å². The third-order valence-electron chi connectivity index (χ3n) is 2.79. The number of hydrogen-bond acceptors (Lipinski definition) is 3. The Balaban J connectivity index is 2.79. The highest BCUT2D eigenvalue weighted by Gasteiger charge is 2.15. The number of rotatable bonds is 7. The number of halogens is 2. The van der Waals surface area contributed by atoms with Crippen molar-refractivity contribution in [3.8, 4) is 0 Å². The lowest BCUT2D eigenvalue weighted by Gasteiger charge is -2.20. The summed E-state index contributed by atoms with van der Waals surface area (Å²) in [7, 11) is -2.87. The molecule has 3 nitrogen and oxygen atoms in total.